The Morgan fingerprint density at radius 3 is 2.47 bits per heavy atom. The summed E-state index contributed by atoms with van der Waals surface area (Å²) in [4.78, 5) is 3.90. The number of sulfonamides is 1. The lowest BCUT2D eigenvalue weighted by Crippen LogP contribution is -2.16. The highest BCUT2D eigenvalue weighted by Gasteiger charge is 2.19. The van der Waals surface area contributed by atoms with E-state index in [1.54, 1.807) is 43.4 Å². The van der Waals surface area contributed by atoms with Gasteiger partial charge in [0.15, 0.2) is 5.03 Å². The topological polar surface area (TPSA) is 71.1 Å². The van der Waals surface area contributed by atoms with Crippen molar-refractivity contribution in [2.45, 2.75) is 5.03 Å². The van der Waals surface area contributed by atoms with E-state index in [0.29, 0.717) is 16.4 Å². The molecule has 0 spiro atoms. The van der Waals surface area contributed by atoms with Gasteiger partial charge in [0.05, 0.1) is 5.69 Å². The smallest absolute Gasteiger partial charge is 0.281 e. The zero-order chi connectivity index (χ0) is 13.9. The first-order valence-corrected chi connectivity index (χ1v) is 7.30. The Bertz CT molecular complexity index is 672. The first-order valence-electron chi connectivity index (χ1n) is 5.44. The predicted octanol–water partition coefficient (Wildman–Crippen LogP) is 2.58. The predicted molar refractivity (Wildman–Crippen MR) is 76.0 cm³/mol. The maximum atomic E-state index is 12.2. The van der Waals surface area contributed by atoms with Gasteiger partial charge in [0.2, 0.25) is 0 Å². The number of rotatable bonds is 4. The molecule has 1 aromatic heterocycles. The van der Waals surface area contributed by atoms with Crippen LogP contribution in [-0.2, 0) is 10.0 Å². The van der Waals surface area contributed by atoms with Crippen molar-refractivity contribution in [2.24, 2.45) is 0 Å². The minimum Gasteiger partial charge on any atom is -0.386 e. The van der Waals surface area contributed by atoms with E-state index in [1.165, 1.54) is 6.20 Å². The summed E-state index contributed by atoms with van der Waals surface area (Å²) in [5, 5.41) is 3.28. The molecule has 0 aliphatic rings. The zero-order valence-electron chi connectivity index (χ0n) is 10.1. The van der Waals surface area contributed by atoms with Crippen LogP contribution in [0.1, 0.15) is 0 Å². The molecule has 1 aromatic carbocycles. The van der Waals surface area contributed by atoms with Crippen LogP contribution in [0, 0.1) is 0 Å². The molecule has 0 amide bonds. The summed E-state index contributed by atoms with van der Waals surface area (Å²) in [5.74, 6) is 0. The minimum atomic E-state index is -3.74. The number of nitrogens with one attached hydrogen (secondary N) is 2. The van der Waals surface area contributed by atoms with Crippen molar-refractivity contribution in [3.05, 3.63) is 47.6 Å². The Morgan fingerprint density at radius 1 is 1.16 bits per heavy atom. The van der Waals surface area contributed by atoms with Crippen molar-refractivity contribution in [2.75, 3.05) is 17.1 Å². The zero-order valence-corrected chi connectivity index (χ0v) is 11.7. The number of halogens is 1. The van der Waals surface area contributed by atoms with Gasteiger partial charge in [-0.15, -0.1) is 0 Å². The molecule has 0 atom stereocenters. The van der Waals surface area contributed by atoms with Crippen LogP contribution >= 0.6 is 11.6 Å². The Labute approximate surface area is 116 Å². The fourth-order valence-corrected chi connectivity index (χ4v) is 2.84. The van der Waals surface area contributed by atoms with Gasteiger partial charge in [-0.3, -0.25) is 4.72 Å². The highest BCUT2D eigenvalue weighted by molar-refractivity contribution is 7.92. The maximum absolute atomic E-state index is 12.2. The Balaban J connectivity index is 2.35. The van der Waals surface area contributed by atoms with Gasteiger partial charge in [-0.05, 0) is 36.4 Å². The monoisotopic (exact) mass is 297 g/mol. The number of nitrogens with zero attached hydrogens (tertiary/aromatic N) is 1. The number of benzene rings is 1. The lowest BCUT2D eigenvalue weighted by Gasteiger charge is -2.10. The number of hydrogen-bond donors (Lipinski definition) is 2. The fourth-order valence-electron chi connectivity index (χ4n) is 1.52. The Hall–Kier alpha value is -1.79. The highest BCUT2D eigenvalue weighted by atomic mass is 35.5. The molecule has 0 radical (unpaired) electrons. The average Bonchev–Trinajstić information content (AvgIpc) is 2.41. The van der Waals surface area contributed by atoms with Crippen molar-refractivity contribution in [1.29, 1.82) is 0 Å². The summed E-state index contributed by atoms with van der Waals surface area (Å²) in [6.45, 7) is 0. The summed E-state index contributed by atoms with van der Waals surface area (Å²) < 4.78 is 26.9. The molecule has 5 nitrogen and oxygen atoms in total. The van der Waals surface area contributed by atoms with E-state index in [4.69, 9.17) is 11.6 Å². The molecule has 0 fully saturated rings. The number of hydrogen-bond acceptors (Lipinski definition) is 4. The van der Waals surface area contributed by atoms with E-state index in [-0.39, 0.29) is 5.03 Å². The van der Waals surface area contributed by atoms with Crippen LogP contribution in [-0.4, -0.2) is 20.4 Å². The second-order valence-corrected chi connectivity index (χ2v) is 5.75. The third kappa shape index (κ3) is 3.15. The van der Waals surface area contributed by atoms with Gasteiger partial charge in [0.25, 0.3) is 10.0 Å². The number of aromatic nitrogens is 1. The second kappa shape index (κ2) is 5.46. The SMILES string of the molecule is CNc1cccnc1S(=O)(=O)Nc1ccc(Cl)cc1. The number of pyridine rings is 1. The Morgan fingerprint density at radius 2 is 1.84 bits per heavy atom. The van der Waals surface area contributed by atoms with Crippen LogP contribution in [0.15, 0.2) is 47.6 Å². The molecular formula is C12H12ClN3O2S. The van der Waals surface area contributed by atoms with E-state index in [9.17, 15) is 8.42 Å². The quantitative estimate of drug-likeness (QED) is 0.910. The van der Waals surface area contributed by atoms with Crippen molar-refractivity contribution in [3.63, 3.8) is 0 Å². The van der Waals surface area contributed by atoms with E-state index >= 15 is 0 Å². The van der Waals surface area contributed by atoms with Crippen LogP contribution in [0.5, 0.6) is 0 Å². The molecule has 19 heavy (non-hydrogen) atoms. The molecule has 2 N–H and O–H groups in total. The van der Waals surface area contributed by atoms with Gasteiger partial charge in [0.1, 0.15) is 0 Å². The van der Waals surface area contributed by atoms with Crippen LogP contribution in [0.3, 0.4) is 0 Å². The molecular weight excluding hydrogens is 286 g/mol. The standard InChI is InChI=1S/C12H12ClN3O2S/c1-14-11-3-2-8-15-12(11)19(17,18)16-10-6-4-9(13)5-7-10/h2-8,14,16H,1H3. The van der Waals surface area contributed by atoms with E-state index in [0.717, 1.165) is 0 Å². The van der Waals surface area contributed by atoms with Crippen LogP contribution in [0.25, 0.3) is 0 Å². The van der Waals surface area contributed by atoms with Gasteiger partial charge < -0.3 is 5.32 Å². The average molecular weight is 298 g/mol. The summed E-state index contributed by atoms with van der Waals surface area (Å²) in [6, 6.07) is 9.69. The Kier molecular flexibility index (Phi) is 3.92. The van der Waals surface area contributed by atoms with E-state index in [2.05, 4.69) is 15.0 Å². The van der Waals surface area contributed by atoms with Gasteiger partial charge in [-0.2, -0.15) is 8.42 Å². The third-order valence-corrected chi connectivity index (χ3v) is 3.98. The normalized spacial score (nSPS) is 11.1. The van der Waals surface area contributed by atoms with Gasteiger partial charge in [-0.1, -0.05) is 11.6 Å². The molecule has 0 aliphatic carbocycles. The minimum absolute atomic E-state index is 0.0487. The van der Waals surface area contributed by atoms with Gasteiger partial charge >= 0.3 is 0 Å². The molecule has 2 rings (SSSR count). The molecule has 0 saturated heterocycles. The van der Waals surface area contributed by atoms with E-state index < -0.39 is 10.0 Å². The molecule has 100 valence electrons. The first-order chi connectivity index (χ1) is 9.03. The molecule has 2 aromatic rings. The maximum Gasteiger partial charge on any atom is 0.281 e. The van der Waals surface area contributed by atoms with Crippen LogP contribution < -0.4 is 10.0 Å². The molecule has 0 unspecified atom stereocenters. The molecule has 0 aliphatic heterocycles. The van der Waals surface area contributed by atoms with Crippen molar-refractivity contribution in [3.8, 4) is 0 Å². The lowest BCUT2D eigenvalue weighted by molar-refractivity contribution is 0.598. The van der Waals surface area contributed by atoms with Gasteiger partial charge in [-0.25, -0.2) is 4.98 Å². The molecule has 0 bridgehead atoms. The number of anilines is 2. The lowest BCUT2D eigenvalue weighted by atomic mass is 10.3. The van der Waals surface area contributed by atoms with Crippen molar-refractivity contribution >= 4 is 33.0 Å². The van der Waals surface area contributed by atoms with Crippen molar-refractivity contribution in [1.82, 2.24) is 4.98 Å². The molecule has 1 heterocycles. The highest BCUT2D eigenvalue weighted by Crippen LogP contribution is 2.21. The third-order valence-electron chi connectivity index (χ3n) is 2.39. The summed E-state index contributed by atoms with van der Waals surface area (Å²) in [7, 11) is -2.10. The first kappa shape index (κ1) is 13.6. The molecule has 7 heteroatoms. The molecule has 0 saturated carbocycles. The van der Waals surface area contributed by atoms with Crippen molar-refractivity contribution < 1.29 is 8.42 Å². The summed E-state index contributed by atoms with van der Waals surface area (Å²) in [6.07, 6.45) is 1.43. The van der Waals surface area contributed by atoms with Gasteiger partial charge in [0, 0.05) is 24.0 Å². The van der Waals surface area contributed by atoms with Crippen LogP contribution in [0.4, 0.5) is 11.4 Å². The summed E-state index contributed by atoms with van der Waals surface area (Å²) >= 11 is 5.75. The fraction of sp³-hybridized carbons (Fsp3) is 0.0833. The van der Waals surface area contributed by atoms with Crippen LogP contribution in [0.2, 0.25) is 5.02 Å². The summed E-state index contributed by atoms with van der Waals surface area (Å²) in [5.41, 5.74) is 0.862. The van der Waals surface area contributed by atoms with E-state index in [1.807, 2.05) is 0 Å². The second-order valence-electron chi connectivity index (χ2n) is 3.72. The largest absolute Gasteiger partial charge is 0.386 e.